The molecule has 2 saturated heterocycles. The molecule has 7 N–H and O–H groups in total. The lowest BCUT2D eigenvalue weighted by Crippen LogP contribution is -2.49. The summed E-state index contributed by atoms with van der Waals surface area (Å²) in [5.41, 5.74) is 21.1. The first-order chi connectivity index (χ1) is 34.3. The topological polar surface area (TPSA) is 208 Å². The Bertz CT molecular complexity index is 2970. The van der Waals surface area contributed by atoms with Gasteiger partial charge in [0.25, 0.3) is 11.8 Å². The molecule has 0 bridgehead atoms. The Kier molecular flexibility index (Phi) is 17.2. The van der Waals surface area contributed by atoms with Crippen LogP contribution in [0.3, 0.4) is 0 Å². The lowest BCUT2D eigenvalue weighted by molar-refractivity contribution is 0.0596. The van der Waals surface area contributed by atoms with Crippen LogP contribution in [0, 0.1) is 0 Å². The second-order valence-electron chi connectivity index (χ2n) is 16.8. The Labute approximate surface area is 444 Å². The fraction of sp³-hybridized carbons (Fsp3) is 0.240. The number of amides is 2. The Morgan fingerprint density at radius 3 is 1.62 bits per heavy atom. The number of aromatic nitrogens is 6. The van der Waals surface area contributed by atoms with E-state index in [0.717, 1.165) is 73.0 Å². The molecule has 366 valence electrons. The average Bonchev–Trinajstić information content (AvgIpc) is 3.63. The zero-order valence-electron chi connectivity index (χ0n) is 38.0. The Morgan fingerprint density at radius 1 is 0.606 bits per heavy atom. The molecular formula is C50H47Cl5N12O2S2. The summed E-state index contributed by atoms with van der Waals surface area (Å²) < 4.78 is 0. The van der Waals surface area contributed by atoms with Crippen LogP contribution < -0.4 is 27.4 Å². The van der Waals surface area contributed by atoms with E-state index in [0.29, 0.717) is 60.2 Å². The predicted molar refractivity (Wildman–Crippen MR) is 285 cm³/mol. The molecule has 10 rings (SSSR count). The third kappa shape index (κ3) is 12.0. The van der Waals surface area contributed by atoms with Crippen LogP contribution in [0.2, 0.25) is 25.2 Å². The predicted octanol–water partition coefficient (Wildman–Crippen LogP) is 10.6. The van der Waals surface area contributed by atoms with Gasteiger partial charge in [-0.25, -0.2) is 19.9 Å². The van der Waals surface area contributed by atoms with Crippen LogP contribution in [-0.2, 0) is 10.8 Å². The van der Waals surface area contributed by atoms with Crippen LogP contribution in [0.4, 0.5) is 17.5 Å². The van der Waals surface area contributed by atoms with Gasteiger partial charge in [-0.3, -0.25) is 24.5 Å². The lowest BCUT2D eigenvalue weighted by atomic mass is 9.73. The van der Waals surface area contributed by atoms with Crippen molar-refractivity contribution >= 4 is 111 Å². The van der Waals surface area contributed by atoms with Gasteiger partial charge in [0.15, 0.2) is 11.6 Å². The van der Waals surface area contributed by atoms with E-state index in [9.17, 15) is 9.59 Å². The zero-order chi connectivity index (χ0) is 50.1. The summed E-state index contributed by atoms with van der Waals surface area (Å²) in [5, 5.41) is 6.69. The Balaban J connectivity index is 0.000000148. The van der Waals surface area contributed by atoms with Gasteiger partial charge in [-0.05, 0) is 98.4 Å². The van der Waals surface area contributed by atoms with E-state index in [4.69, 9.17) is 75.2 Å². The van der Waals surface area contributed by atoms with Gasteiger partial charge in [0, 0.05) is 71.6 Å². The average molecular weight is 1090 g/mol. The van der Waals surface area contributed by atoms with Gasteiger partial charge in [0.2, 0.25) is 0 Å². The number of carbonyl (C=O) groups excluding carboxylic acids is 2. The SMILES string of the molecule is NCC1(c2cccnc2)CCN(c2cnc(Sc3cccc(Cl)c3Cl)c(N)n2)CC1.Nc1nc(Cl)cnc1Sc1cccc(Cl)c1Cl.O=C1c2ccccc2C(=O)N1CC1(c2cccnc2)CCNCC1. The second-order valence-corrected chi connectivity index (χ2v) is 20.9. The molecule has 7 heterocycles. The van der Waals surface area contributed by atoms with E-state index in [1.165, 1.54) is 40.2 Å². The number of benzene rings is 3. The molecule has 2 amide bonds. The molecule has 71 heavy (non-hydrogen) atoms. The summed E-state index contributed by atoms with van der Waals surface area (Å²) in [7, 11) is 0. The highest BCUT2D eigenvalue weighted by Crippen LogP contribution is 2.41. The summed E-state index contributed by atoms with van der Waals surface area (Å²) in [6.07, 6.45) is 14.1. The molecule has 3 aromatic carbocycles. The summed E-state index contributed by atoms with van der Waals surface area (Å²) >= 11 is 32.6. The molecule has 3 aliphatic heterocycles. The van der Waals surface area contributed by atoms with E-state index in [-0.39, 0.29) is 33.6 Å². The number of nitrogen functional groups attached to an aromatic ring is 2. The number of nitrogens with zero attached hydrogens (tertiary/aromatic N) is 8. The molecule has 0 atom stereocenters. The van der Waals surface area contributed by atoms with Crippen molar-refractivity contribution in [2.75, 3.05) is 55.6 Å². The minimum absolute atomic E-state index is 0.0527. The van der Waals surface area contributed by atoms with Crippen LogP contribution in [0.15, 0.2) is 142 Å². The highest BCUT2D eigenvalue weighted by atomic mass is 35.5. The second kappa shape index (κ2) is 23.5. The number of piperidine rings is 2. The molecule has 7 aromatic rings. The normalized spacial score (nSPS) is 15.8. The van der Waals surface area contributed by atoms with Crippen molar-refractivity contribution in [1.82, 2.24) is 40.1 Å². The van der Waals surface area contributed by atoms with Crippen LogP contribution >= 0.6 is 81.5 Å². The number of carbonyl (C=O) groups is 2. The van der Waals surface area contributed by atoms with Gasteiger partial charge in [-0.15, -0.1) is 0 Å². The lowest BCUT2D eigenvalue weighted by Gasteiger charge is -2.41. The molecule has 0 unspecified atom stereocenters. The first-order valence-corrected chi connectivity index (χ1v) is 25.9. The van der Waals surface area contributed by atoms with Crippen molar-refractivity contribution in [2.24, 2.45) is 5.73 Å². The number of hydrogen-bond donors (Lipinski definition) is 4. The van der Waals surface area contributed by atoms with E-state index >= 15 is 0 Å². The summed E-state index contributed by atoms with van der Waals surface area (Å²) in [4.78, 5) is 56.3. The third-order valence-corrected chi connectivity index (χ3v) is 16.8. The summed E-state index contributed by atoms with van der Waals surface area (Å²) in [6, 6.07) is 25.9. The highest BCUT2D eigenvalue weighted by molar-refractivity contribution is 7.99. The maximum Gasteiger partial charge on any atom is 0.261 e. The van der Waals surface area contributed by atoms with Crippen LogP contribution in [0.5, 0.6) is 0 Å². The number of fused-ring (bicyclic) bond motifs is 1. The summed E-state index contributed by atoms with van der Waals surface area (Å²) in [5.74, 6) is 1.04. The number of rotatable bonds is 10. The Hall–Kier alpha value is -5.27. The van der Waals surface area contributed by atoms with E-state index in [1.807, 2.05) is 42.7 Å². The standard InChI is InChI=1S/C21H22Cl2N6S.C19H19N3O2.C10H6Cl3N3S/c22-15-4-1-5-16(18(15)23)30-20-19(25)28-17(12-27-20)29-9-6-21(13-24,7-10-29)14-3-2-8-26-11-14;23-17-15-5-1-2-6-16(15)18(24)22(17)13-19(7-10-20-11-8-19)14-4-3-9-21-12-14;11-5-2-1-3-6(8(5)13)17-10-9(14)16-7(12)4-15-10/h1-5,8,11-12H,6-7,9-10,13,24H2,(H2,25,28);1-6,9,12,20H,7-8,10-11,13H2;1-4H,(H2,14,16). The number of nitrogens with one attached hydrogen (secondary N) is 1. The quantitative estimate of drug-likeness (QED) is 0.0940. The molecule has 0 radical (unpaired) electrons. The number of nitrogens with two attached hydrogens (primary N) is 3. The van der Waals surface area contributed by atoms with E-state index < -0.39 is 0 Å². The molecule has 14 nitrogen and oxygen atoms in total. The molecule has 0 spiro atoms. The van der Waals surface area contributed by atoms with Crippen molar-refractivity contribution in [3.8, 4) is 0 Å². The monoisotopic (exact) mass is 1090 g/mol. The van der Waals surface area contributed by atoms with E-state index in [1.54, 1.807) is 61.1 Å². The molecule has 3 aliphatic rings. The van der Waals surface area contributed by atoms with Crippen molar-refractivity contribution in [3.63, 3.8) is 0 Å². The Morgan fingerprint density at radius 2 is 1.13 bits per heavy atom. The highest BCUT2D eigenvalue weighted by Gasteiger charge is 2.43. The van der Waals surface area contributed by atoms with Gasteiger partial charge >= 0.3 is 0 Å². The summed E-state index contributed by atoms with van der Waals surface area (Å²) in [6.45, 7) is 4.40. The molecule has 2 fully saturated rings. The molecule has 21 heteroatoms. The van der Waals surface area contributed by atoms with Gasteiger partial charge in [-0.2, -0.15) is 0 Å². The van der Waals surface area contributed by atoms with Gasteiger partial charge < -0.3 is 27.4 Å². The van der Waals surface area contributed by atoms with Crippen LogP contribution in [0.25, 0.3) is 0 Å². The minimum Gasteiger partial charge on any atom is -0.381 e. The van der Waals surface area contributed by atoms with Gasteiger partial charge in [0.05, 0.1) is 43.6 Å². The molecule has 4 aromatic heterocycles. The maximum absolute atomic E-state index is 12.7. The third-order valence-electron chi connectivity index (χ3n) is 12.6. The number of anilines is 3. The number of pyridine rings is 2. The van der Waals surface area contributed by atoms with E-state index in [2.05, 4.69) is 52.3 Å². The molecular weight excluding hydrogens is 1040 g/mol. The van der Waals surface area contributed by atoms with Crippen molar-refractivity contribution in [2.45, 2.75) is 56.4 Å². The fourth-order valence-corrected chi connectivity index (χ4v) is 11.4. The zero-order valence-corrected chi connectivity index (χ0v) is 43.4. The maximum atomic E-state index is 12.7. The fourth-order valence-electron chi connectivity index (χ4n) is 8.65. The number of halogens is 5. The molecule has 0 saturated carbocycles. The first kappa shape index (κ1) is 52.1. The van der Waals surface area contributed by atoms with Crippen LogP contribution in [-0.4, -0.2) is 85.9 Å². The van der Waals surface area contributed by atoms with Crippen molar-refractivity contribution in [1.29, 1.82) is 0 Å². The number of imide groups is 1. The van der Waals surface area contributed by atoms with Crippen LogP contribution in [0.1, 0.15) is 57.5 Å². The minimum atomic E-state index is -0.229. The van der Waals surface area contributed by atoms with Crippen molar-refractivity contribution < 1.29 is 9.59 Å². The van der Waals surface area contributed by atoms with Gasteiger partial charge in [-0.1, -0.05) is 118 Å². The largest absolute Gasteiger partial charge is 0.381 e. The first-order valence-electron chi connectivity index (χ1n) is 22.4. The molecule has 0 aliphatic carbocycles. The number of hydrogen-bond acceptors (Lipinski definition) is 15. The van der Waals surface area contributed by atoms with Gasteiger partial charge in [0.1, 0.15) is 21.0 Å². The smallest absolute Gasteiger partial charge is 0.261 e. The van der Waals surface area contributed by atoms with Crippen molar-refractivity contribution in [3.05, 3.63) is 170 Å².